The van der Waals surface area contributed by atoms with Gasteiger partial charge in [0.25, 0.3) is 5.91 Å². The number of aliphatic hydroxyl groups excluding tert-OH is 2. The second-order valence-electron chi connectivity index (χ2n) is 5.68. The molecule has 1 aliphatic heterocycles. The fourth-order valence-electron chi connectivity index (χ4n) is 2.64. The van der Waals surface area contributed by atoms with Gasteiger partial charge >= 0.3 is 0 Å². The van der Waals surface area contributed by atoms with E-state index in [1.54, 1.807) is 18.2 Å². The summed E-state index contributed by atoms with van der Waals surface area (Å²) in [5.74, 6) is -1.69. The van der Waals surface area contributed by atoms with Crippen LogP contribution in [0.25, 0.3) is 0 Å². The van der Waals surface area contributed by atoms with Crippen molar-refractivity contribution in [2.45, 2.75) is 6.42 Å². The van der Waals surface area contributed by atoms with E-state index in [0.717, 1.165) is 5.56 Å². The molecule has 6 nitrogen and oxygen atoms in total. The lowest BCUT2D eigenvalue weighted by Crippen LogP contribution is -2.30. The predicted molar refractivity (Wildman–Crippen MR) is 85.6 cm³/mol. The number of hydrogen-bond acceptors (Lipinski definition) is 5. The molecule has 0 atom stereocenters. The van der Waals surface area contributed by atoms with Crippen LogP contribution < -0.4 is 0 Å². The first-order valence-electron chi connectivity index (χ1n) is 7.69. The molecule has 0 saturated heterocycles. The van der Waals surface area contributed by atoms with Crippen molar-refractivity contribution < 1.29 is 28.6 Å². The van der Waals surface area contributed by atoms with E-state index >= 15 is 0 Å². The van der Waals surface area contributed by atoms with E-state index < -0.39 is 17.4 Å². The van der Waals surface area contributed by atoms with Crippen LogP contribution in [0.5, 0.6) is 0 Å². The molecule has 1 aromatic carbocycles. The van der Waals surface area contributed by atoms with Crippen molar-refractivity contribution in [1.29, 1.82) is 0 Å². The van der Waals surface area contributed by atoms with E-state index in [9.17, 15) is 19.1 Å². The molecule has 25 heavy (non-hydrogen) atoms. The summed E-state index contributed by atoms with van der Waals surface area (Å²) in [5, 5.41) is 18.8. The van der Waals surface area contributed by atoms with Crippen LogP contribution in [0.3, 0.4) is 0 Å². The topological polar surface area (TPSA) is 91.0 Å². The summed E-state index contributed by atoms with van der Waals surface area (Å²) >= 11 is 0. The summed E-state index contributed by atoms with van der Waals surface area (Å²) in [6.07, 6.45) is 0.383. The first-order valence-corrected chi connectivity index (χ1v) is 7.69. The van der Waals surface area contributed by atoms with Crippen molar-refractivity contribution in [3.63, 3.8) is 0 Å². The van der Waals surface area contributed by atoms with Crippen LogP contribution in [0, 0.1) is 5.82 Å². The van der Waals surface area contributed by atoms with Gasteiger partial charge in [-0.05, 0) is 29.8 Å². The molecule has 1 amide bonds. The van der Waals surface area contributed by atoms with Gasteiger partial charge < -0.3 is 19.5 Å². The van der Waals surface area contributed by atoms with Crippen LogP contribution in [-0.2, 0) is 11.2 Å². The van der Waals surface area contributed by atoms with Crippen LogP contribution >= 0.6 is 0 Å². The Labute approximate surface area is 142 Å². The maximum absolute atomic E-state index is 12.9. The van der Waals surface area contributed by atoms with Crippen molar-refractivity contribution >= 4 is 11.7 Å². The van der Waals surface area contributed by atoms with E-state index in [1.807, 2.05) is 0 Å². The zero-order valence-corrected chi connectivity index (χ0v) is 13.2. The van der Waals surface area contributed by atoms with Gasteiger partial charge in [0.05, 0.1) is 18.7 Å². The Hall–Kier alpha value is -2.93. The first kappa shape index (κ1) is 16.9. The van der Waals surface area contributed by atoms with Crippen LogP contribution in [0.4, 0.5) is 4.39 Å². The number of nitrogens with zero attached hydrogens (tertiary/aromatic N) is 1. The summed E-state index contributed by atoms with van der Waals surface area (Å²) in [7, 11) is 0. The Balaban J connectivity index is 1.74. The van der Waals surface area contributed by atoms with Gasteiger partial charge in [-0.15, -0.1) is 0 Å². The molecule has 1 aromatic heterocycles. The third-order valence-corrected chi connectivity index (χ3v) is 3.95. The number of amides is 1. The lowest BCUT2D eigenvalue weighted by molar-refractivity contribution is -0.128. The van der Waals surface area contributed by atoms with Crippen molar-refractivity contribution in [3.05, 3.63) is 70.6 Å². The van der Waals surface area contributed by atoms with Crippen LogP contribution in [-0.4, -0.2) is 46.5 Å². The molecule has 0 saturated carbocycles. The van der Waals surface area contributed by atoms with E-state index in [-0.39, 0.29) is 36.8 Å². The minimum absolute atomic E-state index is 0.0114. The molecule has 0 bridgehead atoms. The number of benzene rings is 1. The Morgan fingerprint density at radius 2 is 1.92 bits per heavy atom. The molecule has 1 aliphatic rings. The van der Waals surface area contributed by atoms with Crippen molar-refractivity contribution in [2.75, 3.05) is 19.7 Å². The minimum Gasteiger partial charge on any atom is -0.503 e. The zero-order chi connectivity index (χ0) is 18.0. The van der Waals surface area contributed by atoms with Crippen molar-refractivity contribution in [1.82, 2.24) is 4.90 Å². The number of β-amino-alcohol motifs (C(OH)–C–C–N with tert-alkyl or cyclic N) is 1. The monoisotopic (exact) mass is 345 g/mol. The highest BCUT2D eigenvalue weighted by atomic mass is 19.1. The number of rotatable bonds is 6. The molecule has 2 N–H and O–H groups in total. The SMILES string of the molecule is O=C(C1=C(O)C(=O)N(CCO)C1)c1ccc(Cc2ccc(F)cc2)o1. The summed E-state index contributed by atoms with van der Waals surface area (Å²) in [5.41, 5.74) is 0.767. The van der Waals surface area contributed by atoms with Gasteiger partial charge in [0.2, 0.25) is 5.78 Å². The molecule has 7 heteroatoms. The molecule has 2 heterocycles. The first-order chi connectivity index (χ1) is 12.0. The Kier molecular flexibility index (Phi) is 4.67. The quantitative estimate of drug-likeness (QED) is 0.780. The molecule has 2 aromatic rings. The average molecular weight is 345 g/mol. The maximum Gasteiger partial charge on any atom is 0.289 e. The number of hydrogen-bond donors (Lipinski definition) is 2. The van der Waals surface area contributed by atoms with Crippen molar-refractivity contribution in [2.24, 2.45) is 0 Å². The molecular formula is C18H16FNO5. The number of furan rings is 1. The van der Waals surface area contributed by atoms with E-state index in [2.05, 4.69) is 0 Å². The number of Topliss-reactive ketones (excluding diaryl/α,β-unsaturated/α-hetero) is 1. The highest BCUT2D eigenvalue weighted by Gasteiger charge is 2.34. The second kappa shape index (κ2) is 6.90. The average Bonchev–Trinajstić information content (AvgIpc) is 3.17. The smallest absolute Gasteiger partial charge is 0.289 e. The number of carbonyl (C=O) groups excluding carboxylic acids is 2. The van der Waals surface area contributed by atoms with Gasteiger partial charge in [0.1, 0.15) is 11.6 Å². The largest absolute Gasteiger partial charge is 0.503 e. The van der Waals surface area contributed by atoms with Gasteiger partial charge in [-0.2, -0.15) is 0 Å². The van der Waals surface area contributed by atoms with Crippen LogP contribution in [0.15, 0.2) is 52.1 Å². The van der Waals surface area contributed by atoms with Gasteiger partial charge in [-0.1, -0.05) is 12.1 Å². The lowest BCUT2D eigenvalue weighted by Gasteiger charge is -2.13. The van der Waals surface area contributed by atoms with E-state index in [0.29, 0.717) is 12.2 Å². The molecule has 0 aliphatic carbocycles. The van der Waals surface area contributed by atoms with E-state index in [4.69, 9.17) is 9.52 Å². The fraction of sp³-hybridized carbons (Fsp3) is 0.222. The van der Waals surface area contributed by atoms with Crippen LogP contribution in [0.2, 0.25) is 0 Å². The van der Waals surface area contributed by atoms with Gasteiger partial charge in [0, 0.05) is 13.0 Å². The normalized spacial score (nSPS) is 14.5. The van der Waals surface area contributed by atoms with Crippen molar-refractivity contribution in [3.8, 4) is 0 Å². The summed E-state index contributed by atoms with van der Waals surface area (Å²) < 4.78 is 18.4. The molecular weight excluding hydrogens is 329 g/mol. The zero-order valence-electron chi connectivity index (χ0n) is 13.2. The Morgan fingerprint density at radius 3 is 2.60 bits per heavy atom. The Morgan fingerprint density at radius 1 is 1.20 bits per heavy atom. The highest BCUT2D eigenvalue weighted by Crippen LogP contribution is 2.23. The van der Waals surface area contributed by atoms with Gasteiger partial charge in [0.15, 0.2) is 11.5 Å². The second-order valence-corrected chi connectivity index (χ2v) is 5.68. The standard InChI is InChI=1S/C18H16FNO5/c19-12-3-1-11(2-4-12)9-13-5-6-15(25-13)16(22)14-10-20(7-8-21)18(24)17(14)23/h1-6,21,23H,7-10H2. The number of carbonyl (C=O) groups is 2. The summed E-state index contributed by atoms with van der Waals surface area (Å²) in [6.45, 7) is -0.297. The molecule has 0 unspecified atom stereocenters. The summed E-state index contributed by atoms with van der Waals surface area (Å²) in [4.78, 5) is 25.5. The number of aliphatic hydroxyl groups is 2. The summed E-state index contributed by atoms with van der Waals surface area (Å²) in [6, 6.07) is 9.02. The molecule has 130 valence electrons. The number of halogens is 1. The minimum atomic E-state index is -0.685. The Bertz CT molecular complexity index is 837. The lowest BCUT2D eigenvalue weighted by atomic mass is 10.1. The van der Waals surface area contributed by atoms with Gasteiger partial charge in [-0.3, -0.25) is 9.59 Å². The predicted octanol–water partition coefficient (Wildman–Crippen LogP) is 1.84. The third kappa shape index (κ3) is 3.46. The van der Waals surface area contributed by atoms with Crippen LogP contribution in [0.1, 0.15) is 21.9 Å². The maximum atomic E-state index is 12.9. The molecule has 3 rings (SSSR count). The fourth-order valence-corrected chi connectivity index (χ4v) is 2.64. The third-order valence-electron chi connectivity index (χ3n) is 3.95. The molecule has 0 spiro atoms. The van der Waals surface area contributed by atoms with E-state index in [1.165, 1.54) is 23.1 Å². The number of ketones is 1. The highest BCUT2D eigenvalue weighted by molar-refractivity contribution is 6.14. The molecule has 0 radical (unpaired) electrons. The molecule has 0 fully saturated rings. The van der Waals surface area contributed by atoms with Gasteiger partial charge in [-0.25, -0.2) is 4.39 Å².